The van der Waals surface area contributed by atoms with Crippen molar-refractivity contribution in [1.82, 2.24) is 9.55 Å². The van der Waals surface area contributed by atoms with Gasteiger partial charge in [0.05, 0.1) is 5.69 Å². The van der Waals surface area contributed by atoms with E-state index in [0.717, 1.165) is 24.1 Å². The van der Waals surface area contributed by atoms with Crippen molar-refractivity contribution in [2.45, 2.75) is 60.4 Å². The van der Waals surface area contributed by atoms with Gasteiger partial charge in [0.2, 0.25) is 5.95 Å². The molecule has 1 rings (SSSR count). The van der Waals surface area contributed by atoms with Crippen LogP contribution in [0, 0.1) is 18.8 Å². The van der Waals surface area contributed by atoms with Crippen molar-refractivity contribution >= 4 is 5.95 Å². The zero-order valence-corrected chi connectivity index (χ0v) is 12.8. The molecule has 0 saturated carbocycles. The lowest BCUT2D eigenvalue weighted by Crippen LogP contribution is -2.19. The minimum atomic E-state index is 0.510. The monoisotopic (exact) mass is 251 g/mol. The Balaban J connectivity index is 2.86. The fourth-order valence-corrected chi connectivity index (χ4v) is 2.45. The number of hydrogen-bond donors (Lipinski definition) is 1. The molecule has 18 heavy (non-hydrogen) atoms. The first kappa shape index (κ1) is 15.1. The Hall–Kier alpha value is -0.990. The van der Waals surface area contributed by atoms with Gasteiger partial charge in [0.15, 0.2) is 0 Å². The molecule has 0 saturated heterocycles. The van der Waals surface area contributed by atoms with Crippen LogP contribution in [0.5, 0.6) is 0 Å². The second-order valence-corrected chi connectivity index (χ2v) is 5.71. The van der Waals surface area contributed by atoms with Gasteiger partial charge in [0, 0.05) is 18.8 Å². The van der Waals surface area contributed by atoms with E-state index in [0.29, 0.717) is 12.0 Å². The summed E-state index contributed by atoms with van der Waals surface area (Å²) in [6.07, 6.45) is 4.61. The first-order valence-electron chi connectivity index (χ1n) is 7.28. The molecule has 0 aromatic carbocycles. The zero-order valence-electron chi connectivity index (χ0n) is 12.8. The topological polar surface area (TPSA) is 29.9 Å². The lowest BCUT2D eigenvalue weighted by Gasteiger charge is -2.24. The summed E-state index contributed by atoms with van der Waals surface area (Å²) in [6, 6.07) is 0.510. The molecular formula is C15H29N3. The van der Waals surface area contributed by atoms with E-state index < -0.39 is 0 Å². The standard InChI is InChI=1S/C15H29N3/c1-7-14(8-2)13(6)18-10-12(5)17-15(18)16-9-11(3)4/h10-11,13-14H,7-9H2,1-6H3,(H,16,17). The fourth-order valence-electron chi connectivity index (χ4n) is 2.45. The maximum Gasteiger partial charge on any atom is 0.203 e. The first-order chi connectivity index (χ1) is 8.49. The van der Waals surface area contributed by atoms with E-state index in [1.165, 1.54) is 12.8 Å². The number of anilines is 1. The van der Waals surface area contributed by atoms with Gasteiger partial charge >= 0.3 is 0 Å². The van der Waals surface area contributed by atoms with Crippen LogP contribution < -0.4 is 5.32 Å². The molecular weight excluding hydrogens is 222 g/mol. The molecule has 0 aliphatic carbocycles. The summed E-state index contributed by atoms with van der Waals surface area (Å²) < 4.78 is 2.31. The van der Waals surface area contributed by atoms with Gasteiger partial charge < -0.3 is 9.88 Å². The SMILES string of the molecule is CCC(CC)C(C)n1cc(C)nc1NCC(C)C. The third-order valence-corrected chi connectivity index (χ3v) is 3.69. The van der Waals surface area contributed by atoms with Crippen molar-refractivity contribution < 1.29 is 0 Å². The van der Waals surface area contributed by atoms with Crippen molar-refractivity contribution in [2.24, 2.45) is 11.8 Å². The predicted molar refractivity (Wildman–Crippen MR) is 79.1 cm³/mol. The van der Waals surface area contributed by atoms with E-state index in [1.807, 2.05) is 0 Å². The molecule has 0 aliphatic heterocycles. The Morgan fingerprint density at radius 1 is 1.22 bits per heavy atom. The number of imidazole rings is 1. The summed E-state index contributed by atoms with van der Waals surface area (Å²) in [5.41, 5.74) is 1.10. The van der Waals surface area contributed by atoms with Gasteiger partial charge in [0.1, 0.15) is 0 Å². The number of nitrogens with one attached hydrogen (secondary N) is 1. The van der Waals surface area contributed by atoms with E-state index in [-0.39, 0.29) is 0 Å². The van der Waals surface area contributed by atoms with Gasteiger partial charge in [-0.3, -0.25) is 0 Å². The van der Waals surface area contributed by atoms with Crippen molar-refractivity contribution in [1.29, 1.82) is 0 Å². The van der Waals surface area contributed by atoms with Crippen LogP contribution in [-0.2, 0) is 0 Å². The summed E-state index contributed by atoms with van der Waals surface area (Å²) in [5, 5.41) is 3.47. The van der Waals surface area contributed by atoms with Crippen molar-refractivity contribution in [2.75, 3.05) is 11.9 Å². The molecule has 0 spiro atoms. The average Bonchev–Trinajstić information content (AvgIpc) is 2.69. The van der Waals surface area contributed by atoms with Crippen molar-refractivity contribution in [3.63, 3.8) is 0 Å². The zero-order chi connectivity index (χ0) is 13.7. The lowest BCUT2D eigenvalue weighted by molar-refractivity contribution is 0.335. The Kier molecular flexibility index (Phi) is 5.70. The Labute approximate surface area is 112 Å². The predicted octanol–water partition coefficient (Wildman–Crippen LogP) is 4.26. The molecule has 1 aromatic heterocycles. The average molecular weight is 251 g/mol. The molecule has 1 N–H and O–H groups in total. The summed E-state index contributed by atoms with van der Waals surface area (Å²) in [7, 11) is 0. The van der Waals surface area contributed by atoms with Crippen molar-refractivity contribution in [3.05, 3.63) is 11.9 Å². The highest BCUT2D eigenvalue weighted by molar-refractivity contribution is 5.29. The minimum Gasteiger partial charge on any atom is -0.355 e. The van der Waals surface area contributed by atoms with E-state index in [2.05, 4.69) is 62.6 Å². The number of aryl methyl sites for hydroxylation is 1. The second kappa shape index (κ2) is 6.81. The smallest absolute Gasteiger partial charge is 0.203 e. The van der Waals surface area contributed by atoms with E-state index in [4.69, 9.17) is 0 Å². The van der Waals surface area contributed by atoms with Gasteiger partial charge in [-0.2, -0.15) is 0 Å². The second-order valence-electron chi connectivity index (χ2n) is 5.71. The molecule has 3 nitrogen and oxygen atoms in total. The minimum absolute atomic E-state index is 0.510. The normalized spacial score (nSPS) is 13.3. The number of nitrogens with zero attached hydrogens (tertiary/aromatic N) is 2. The highest BCUT2D eigenvalue weighted by Crippen LogP contribution is 2.27. The van der Waals surface area contributed by atoms with Crippen LogP contribution in [-0.4, -0.2) is 16.1 Å². The molecule has 0 radical (unpaired) electrons. The number of aromatic nitrogens is 2. The fraction of sp³-hybridized carbons (Fsp3) is 0.800. The molecule has 1 unspecified atom stereocenters. The summed E-state index contributed by atoms with van der Waals surface area (Å²) >= 11 is 0. The van der Waals surface area contributed by atoms with Crippen LogP contribution in [0.15, 0.2) is 6.20 Å². The Bertz CT molecular complexity index is 351. The third kappa shape index (κ3) is 3.76. The summed E-state index contributed by atoms with van der Waals surface area (Å²) in [6.45, 7) is 14.3. The molecule has 1 aromatic rings. The van der Waals surface area contributed by atoms with E-state index in [9.17, 15) is 0 Å². The molecule has 0 fully saturated rings. The molecule has 1 heterocycles. The number of rotatable bonds is 7. The highest BCUT2D eigenvalue weighted by atomic mass is 15.2. The largest absolute Gasteiger partial charge is 0.355 e. The van der Waals surface area contributed by atoms with Gasteiger partial charge in [-0.05, 0) is 25.7 Å². The Morgan fingerprint density at radius 3 is 2.33 bits per heavy atom. The van der Waals surface area contributed by atoms with E-state index in [1.54, 1.807) is 0 Å². The molecule has 0 bridgehead atoms. The van der Waals surface area contributed by atoms with Crippen LogP contribution >= 0.6 is 0 Å². The van der Waals surface area contributed by atoms with Crippen LogP contribution in [0.4, 0.5) is 5.95 Å². The molecule has 104 valence electrons. The van der Waals surface area contributed by atoms with Gasteiger partial charge in [-0.1, -0.05) is 40.5 Å². The van der Waals surface area contributed by atoms with Crippen LogP contribution in [0.25, 0.3) is 0 Å². The van der Waals surface area contributed by atoms with E-state index >= 15 is 0 Å². The van der Waals surface area contributed by atoms with Gasteiger partial charge in [-0.15, -0.1) is 0 Å². The maximum atomic E-state index is 4.61. The maximum absolute atomic E-state index is 4.61. The van der Waals surface area contributed by atoms with Crippen LogP contribution in [0.2, 0.25) is 0 Å². The van der Waals surface area contributed by atoms with Gasteiger partial charge in [-0.25, -0.2) is 4.98 Å². The van der Waals surface area contributed by atoms with Crippen LogP contribution in [0.1, 0.15) is 59.2 Å². The van der Waals surface area contributed by atoms with Gasteiger partial charge in [0.25, 0.3) is 0 Å². The lowest BCUT2D eigenvalue weighted by atomic mass is 9.95. The highest BCUT2D eigenvalue weighted by Gasteiger charge is 2.18. The molecule has 3 heteroatoms. The van der Waals surface area contributed by atoms with Crippen LogP contribution in [0.3, 0.4) is 0 Å². The number of hydrogen-bond acceptors (Lipinski definition) is 2. The quantitative estimate of drug-likeness (QED) is 0.785. The Morgan fingerprint density at radius 2 is 1.83 bits per heavy atom. The molecule has 0 aliphatic rings. The third-order valence-electron chi connectivity index (χ3n) is 3.69. The summed E-state index contributed by atoms with van der Waals surface area (Å²) in [4.78, 5) is 4.61. The molecule has 0 amide bonds. The first-order valence-corrected chi connectivity index (χ1v) is 7.28. The molecule has 1 atom stereocenters. The van der Waals surface area contributed by atoms with Crippen molar-refractivity contribution in [3.8, 4) is 0 Å². The summed E-state index contributed by atoms with van der Waals surface area (Å²) in [5.74, 6) is 2.39.